The second-order valence-corrected chi connectivity index (χ2v) is 6.34. The van der Waals surface area contributed by atoms with Crippen molar-refractivity contribution in [3.8, 4) is 0 Å². The minimum absolute atomic E-state index is 0.704. The third-order valence-electron chi connectivity index (χ3n) is 3.46. The lowest BCUT2D eigenvalue weighted by molar-refractivity contribution is 0.522. The minimum Gasteiger partial charge on any atom is -0.271 e. The molecule has 1 aromatic heterocycles. The second-order valence-electron chi connectivity index (χ2n) is 4.67. The fourth-order valence-corrected chi connectivity index (χ4v) is 3.68. The van der Waals surface area contributed by atoms with E-state index >= 15 is 0 Å². The van der Waals surface area contributed by atoms with Gasteiger partial charge in [0.15, 0.2) is 0 Å². The van der Waals surface area contributed by atoms with Gasteiger partial charge in [-0.3, -0.25) is 4.68 Å². The van der Waals surface area contributed by atoms with Crippen LogP contribution in [-0.4, -0.2) is 14.6 Å². The zero-order valence-electron chi connectivity index (χ0n) is 9.84. The first-order chi connectivity index (χ1) is 7.61. The van der Waals surface area contributed by atoms with Gasteiger partial charge in [0.2, 0.25) is 0 Å². The third-order valence-corrected chi connectivity index (χ3v) is 4.73. The summed E-state index contributed by atoms with van der Waals surface area (Å²) in [5.41, 5.74) is 2.25. The fourth-order valence-electron chi connectivity index (χ4n) is 2.51. The summed E-state index contributed by atoms with van der Waals surface area (Å²) in [5.74, 6) is 0.766. The molecule has 90 valence electrons. The van der Waals surface area contributed by atoms with Crippen molar-refractivity contribution in [3.05, 3.63) is 16.4 Å². The molecule has 0 aliphatic heterocycles. The maximum Gasteiger partial charge on any atom is 0.0849 e. The Balaban J connectivity index is 2.12. The van der Waals surface area contributed by atoms with E-state index in [2.05, 4.69) is 28.0 Å². The molecular formula is C12H18BrClN2. The number of hydrogen-bond donors (Lipinski definition) is 0. The molecule has 0 N–H and O–H groups in total. The van der Waals surface area contributed by atoms with E-state index in [0.29, 0.717) is 4.83 Å². The van der Waals surface area contributed by atoms with Crippen LogP contribution in [0.1, 0.15) is 37.6 Å². The highest BCUT2D eigenvalue weighted by Crippen LogP contribution is 2.34. The molecule has 4 heteroatoms. The quantitative estimate of drug-likeness (QED) is 0.778. The Bertz CT molecular complexity index is 375. The highest BCUT2D eigenvalue weighted by atomic mass is 79.9. The molecule has 2 unspecified atom stereocenters. The molecule has 0 amide bonds. The fraction of sp³-hybridized carbons (Fsp3) is 0.750. The number of aromatic nitrogens is 2. The molecule has 1 aliphatic carbocycles. The van der Waals surface area contributed by atoms with Crippen LogP contribution in [-0.2, 0) is 19.9 Å². The highest BCUT2D eigenvalue weighted by molar-refractivity contribution is 9.09. The standard InChI is InChI=1S/C12H18BrClN2/c1-3-10-12(14)11(16(2)15-10)7-8-4-5-9(13)6-8/h8-9H,3-7H2,1-2H3. The van der Waals surface area contributed by atoms with Crippen molar-refractivity contribution in [1.82, 2.24) is 9.78 Å². The Morgan fingerprint density at radius 2 is 2.25 bits per heavy atom. The normalized spacial score (nSPS) is 25.2. The van der Waals surface area contributed by atoms with Gasteiger partial charge in [-0.2, -0.15) is 5.10 Å². The first-order valence-electron chi connectivity index (χ1n) is 5.96. The van der Waals surface area contributed by atoms with E-state index < -0.39 is 0 Å². The maximum absolute atomic E-state index is 6.35. The van der Waals surface area contributed by atoms with Gasteiger partial charge in [-0.1, -0.05) is 34.5 Å². The van der Waals surface area contributed by atoms with Gasteiger partial charge in [-0.25, -0.2) is 0 Å². The Kier molecular flexibility index (Phi) is 3.96. The van der Waals surface area contributed by atoms with Crippen LogP contribution in [0.15, 0.2) is 0 Å². The molecule has 2 nitrogen and oxygen atoms in total. The molecule has 1 saturated carbocycles. The van der Waals surface area contributed by atoms with E-state index in [4.69, 9.17) is 11.6 Å². The number of rotatable bonds is 3. The third kappa shape index (κ3) is 2.45. The van der Waals surface area contributed by atoms with Gasteiger partial charge in [0.1, 0.15) is 0 Å². The average Bonchev–Trinajstić information content (AvgIpc) is 2.77. The topological polar surface area (TPSA) is 17.8 Å². The smallest absolute Gasteiger partial charge is 0.0849 e. The van der Waals surface area contributed by atoms with E-state index in [-0.39, 0.29) is 0 Å². The Morgan fingerprint density at radius 1 is 1.50 bits per heavy atom. The van der Waals surface area contributed by atoms with E-state index in [1.54, 1.807) is 0 Å². The Morgan fingerprint density at radius 3 is 2.75 bits per heavy atom. The monoisotopic (exact) mass is 304 g/mol. The summed E-state index contributed by atoms with van der Waals surface area (Å²) < 4.78 is 1.96. The van der Waals surface area contributed by atoms with Crippen molar-refractivity contribution < 1.29 is 0 Å². The van der Waals surface area contributed by atoms with Crippen LogP contribution >= 0.6 is 27.5 Å². The van der Waals surface area contributed by atoms with Crippen LogP contribution in [0.25, 0.3) is 0 Å². The van der Waals surface area contributed by atoms with Crippen LogP contribution in [0, 0.1) is 5.92 Å². The van der Waals surface area contributed by atoms with Crippen molar-refractivity contribution in [1.29, 1.82) is 0 Å². The summed E-state index contributed by atoms with van der Waals surface area (Å²) in [6, 6.07) is 0. The molecule has 1 aliphatic rings. The summed E-state index contributed by atoms with van der Waals surface area (Å²) in [7, 11) is 2.00. The van der Waals surface area contributed by atoms with Crippen molar-refractivity contribution in [2.24, 2.45) is 13.0 Å². The van der Waals surface area contributed by atoms with Gasteiger partial charge in [0, 0.05) is 11.9 Å². The lowest BCUT2D eigenvalue weighted by Crippen LogP contribution is -2.06. The number of aryl methyl sites for hydroxylation is 2. The predicted octanol–water partition coefficient (Wildman–Crippen LogP) is 3.74. The number of alkyl halides is 1. The molecule has 16 heavy (non-hydrogen) atoms. The molecule has 1 heterocycles. The van der Waals surface area contributed by atoms with E-state index in [0.717, 1.165) is 29.5 Å². The molecule has 0 aromatic carbocycles. The summed E-state index contributed by atoms with van der Waals surface area (Å²) >= 11 is 10.0. The van der Waals surface area contributed by atoms with Crippen molar-refractivity contribution >= 4 is 27.5 Å². The zero-order valence-corrected chi connectivity index (χ0v) is 12.2. The molecule has 2 rings (SSSR count). The molecular weight excluding hydrogens is 288 g/mol. The first kappa shape index (κ1) is 12.4. The summed E-state index contributed by atoms with van der Waals surface area (Å²) in [4.78, 5) is 0.704. The van der Waals surface area contributed by atoms with Crippen molar-refractivity contribution in [3.63, 3.8) is 0 Å². The van der Waals surface area contributed by atoms with Gasteiger partial charge in [-0.05, 0) is 38.0 Å². The van der Waals surface area contributed by atoms with Gasteiger partial charge in [0.25, 0.3) is 0 Å². The average molecular weight is 306 g/mol. The predicted molar refractivity (Wildman–Crippen MR) is 71.4 cm³/mol. The number of halogens is 2. The van der Waals surface area contributed by atoms with Crippen LogP contribution in [0.2, 0.25) is 5.02 Å². The molecule has 0 spiro atoms. The zero-order chi connectivity index (χ0) is 11.7. The summed E-state index contributed by atoms with van der Waals surface area (Å²) in [6.45, 7) is 2.10. The SMILES string of the molecule is CCc1nn(C)c(CC2CCC(Br)C2)c1Cl. The first-order valence-corrected chi connectivity index (χ1v) is 7.25. The van der Waals surface area contributed by atoms with Gasteiger partial charge in [0.05, 0.1) is 16.4 Å². The van der Waals surface area contributed by atoms with Gasteiger partial charge >= 0.3 is 0 Å². The molecule has 1 aromatic rings. The molecule has 0 bridgehead atoms. The highest BCUT2D eigenvalue weighted by Gasteiger charge is 2.25. The Hall–Kier alpha value is -0.0200. The lowest BCUT2D eigenvalue weighted by Gasteiger charge is -2.09. The number of hydrogen-bond acceptors (Lipinski definition) is 1. The van der Waals surface area contributed by atoms with Crippen LogP contribution in [0.4, 0.5) is 0 Å². The molecule has 0 saturated heterocycles. The van der Waals surface area contributed by atoms with Gasteiger partial charge < -0.3 is 0 Å². The van der Waals surface area contributed by atoms with E-state index in [1.807, 2.05) is 11.7 Å². The molecule has 0 radical (unpaired) electrons. The molecule has 1 fully saturated rings. The van der Waals surface area contributed by atoms with Crippen LogP contribution < -0.4 is 0 Å². The Labute approximate surface area is 110 Å². The summed E-state index contributed by atoms with van der Waals surface area (Å²) in [6.07, 6.45) is 5.85. The van der Waals surface area contributed by atoms with Crippen LogP contribution in [0.5, 0.6) is 0 Å². The van der Waals surface area contributed by atoms with E-state index in [9.17, 15) is 0 Å². The van der Waals surface area contributed by atoms with E-state index in [1.165, 1.54) is 25.0 Å². The minimum atomic E-state index is 0.704. The lowest BCUT2D eigenvalue weighted by atomic mass is 10.0. The summed E-state index contributed by atoms with van der Waals surface area (Å²) in [5, 5.41) is 5.35. The second kappa shape index (κ2) is 5.09. The molecule has 2 atom stereocenters. The maximum atomic E-state index is 6.35. The van der Waals surface area contributed by atoms with Gasteiger partial charge in [-0.15, -0.1) is 0 Å². The van der Waals surface area contributed by atoms with Crippen LogP contribution in [0.3, 0.4) is 0 Å². The van der Waals surface area contributed by atoms with Crippen molar-refractivity contribution in [2.75, 3.05) is 0 Å². The van der Waals surface area contributed by atoms with Crippen molar-refractivity contribution in [2.45, 2.75) is 43.9 Å². The number of nitrogens with zero attached hydrogens (tertiary/aromatic N) is 2. The largest absolute Gasteiger partial charge is 0.271 e.